The highest BCUT2D eigenvalue weighted by molar-refractivity contribution is 5.94. The lowest BCUT2D eigenvalue weighted by molar-refractivity contribution is -0.140. The standard InChI is InChI=1S/C12H11F4NO3/c13-9-6-7(3-4-8(9)12(14,15)16)11(20)17-5-1-2-10(18)19/h3-4,6H,1-2,5H2,(H,17,20)(H,18,19). The first-order valence-corrected chi connectivity index (χ1v) is 5.58. The fourth-order valence-corrected chi connectivity index (χ4v) is 1.43. The van der Waals surface area contributed by atoms with Gasteiger partial charge in [0.15, 0.2) is 0 Å². The Hall–Kier alpha value is -2.12. The smallest absolute Gasteiger partial charge is 0.419 e. The maximum absolute atomic E-state index is 13.2. The number of hydrogen-bond donors (Lipinski definition) is 2. The molecule has 0 atom stereocenters. The average Bonchev–Trinajstić information content (AvgIpc) is 2.32. The maximum atomic E-state index is 13.2. The van der Waals surface area contributed by atoms with Gasteiger partial charge in [0, 0.05) is 18.5 Å². The normalized spacial score (nSPS) is 11.2. The molecule has 8 heteroatoms. The lowest BCUT2D eigenvalue weighted by Gasteiger charge is -2.09. The summed E-state index contributed by atoms with van der Waals surface area (Å²) in [5.41, 5.74) is -1.70. The Morgan fingerprint density at radius 2 is 1.90 bits per heavy atom. The van der Waals surface area contributed by atoms with Crippen LogP contribution in [-0.4, -0.2) is 23.5 Å². The summed E-state index contributed by atoms with van der Waals surface area (Å²) < 4.78 is 50.2. The van der Waals surface area contributed by atoms with Crippen molar-refractivity contribution in [1.29, 1.82) is 0 Å². The number of carbonyl (C=O) groups excluding carboxylic acids is 1. The van der Waals surface area contributed by atoms with Crippen molar-refractivity contribution in [2.45, 2.75) is 19.0 Å². The minimum absolute atomic E-state index is 0.0355. The van der Waals surface area contributed by atoms with E-state index in [2.05, 4.69) is 5.32 Å². The molecule has 0 aromatic heterocycles. The van der Waals surface area contributed by atoms with Crippen LogP contribution in [0.5, 0.6) is 0 Å². The van der Waals surface area contributed by atoms with Gasteiger partial charge in [0.1, 0.15) is 5.82 Å². The van der Waals surface area contributed by atoms with Crippen LogP contribution in [0.2, 0.25) is 0 Å². The molecule has 1 aromatic rings. The van der Waals surface area contributed by atoms with E-state index in [4.69, 9.17) is 5.11 Å². The zero-order chi connectivity index (χ0) is 15.3. The van der Waals surface area contributed by atoms with Gasteiger partial charge in [-0.1, -0.05) is 0 Å². The molecule has 0 aliphatic rings. The lowest BCUT2D eigenvalue weighted by Crippen LogP contribution is -2.25. The number of carbonyl (C=O) groups is 2. The topological polar surface area (TPSA) is 66.4 Å². The van der Waals surface area contributed by atoms with Crippen molar-refractivity contribution < 1.29 is 32.3 Å². The molecule has 0 saturated carbocycles. The van der Waals surface area contributed by atoms with Crippen molar-refractivity contribution in [2.24, 2.45) is 0 Å². The van der Waals surface area contributed by atoms with E-state index in [1.54, 1.807) is 0 Å². The van der Waals surface area contributed by atoms with Crippen molar-refractivity contribution in [3.8, 4) is 0 Å². The number of carboxylic acids is 1. The van der Waals surface area contributed by atoms with Crippen molar-refractivity contribution in [1.82, 2.24) is 5.32 Å². The Bertz CT molecular complexity index is 514. The fourth-order valence-electron chi connectivity index (χ4n) is 1.43. The molecule has 0 saturated heterocycles. The van der Waals surface area contributed by atoms with E-state index in [0.717, 1.165) is 6.07 Å². The van der Waals surface area contributed by atoms with Crippen LogP contribution in [0.3, 0.4) is 0 Å². The fraction of sp³-hybridized carbons (Fsp3) is 0.333. The third-order valence-corrected chi connectivity index (χ3v) is 2.39. The Balaban J connectivity index is 2.66. The number of nitrogens with one attached hydrogen (secondary N) is 1. The molecule has 20 heavy (non-hydrogen) atoms. The summed E-state index contributed by atoms with van der Waals surface area (Å²) in [4.78, 5) is 21.7. The van der Waals surface area contributed by atoms with E-state index in [1.165, 1.54) is 0 Å². The summed E-state index contributed by atoms with van der Waals surface area (Å²) in [5, 5.41) is 10.7. The van der Waals surface area contributed by atoms with Gasteiger partial charge in [-0.3, -0.25) is 9.59 Å². The predicted molar refractivity (Wildman–Crippen MR) is 60.6 cm³/mol. The van der Waals surface area contributed by atoms with Crippen LogP contribution in [0.25, 0.3) is 0 Å². The third kappa shape index (κ3) is 4.52. The summed E-state index contributed by atoms with van der Waals surface area (Å²) >= 11 is 0. The van der Waals surface area contributed by atoms with Crippen LogP contribution in [-0.2, 0) is 11.0 Å². The molecule has 2 N–H and O–H groups in total. The number of rotatable bonds is 5. The van der Waals surface area contributed by atoms with E-state index in [1.807, 2.05) is 0 Å². The Kier molecular flexibility index (Phi) is 5.06. The van der Waals surface area contributed by atoms with Crippen LogP contribution in [0.1, 0.15) is 28.8 Å². The van der Waals surface area contributed by atoms with Crippen LogP contribution in [0.4, 0.5) is 17.6 Å². The second-order valence-electron chi connectivity index (χ2n) is 3.95. The molecule has 1 rings (SSSR count). The summed E-state index contributed by atoms with van der Waals surface area (Å²) in [5.74, 6) is -3.32. The molecule has 4 nitrogen and oxygen atoms in total. The summed E-state index contributed by atoms with van der Waals surface area (Å²) in [6, 6.07) is 1.84. The van der Waals surface area contributed by atoms with Crippen LogP contribution in [0, 0.1) is 5.82 Å². The van der Waals surface area contributed by atoms with Crippen LogP contribution >= 0.6 is 0 Å². The number of amides is 1. The Morgan fingerprint density at radius 3 is 2.40 bits per heavy atom. The second kappa shape index (κ2) is 6.36. The van der Waals surface area contributed by atoms with Crippen molar-refractivity contribution in [3.05, 3.63) is 35.1 Å². The molecule has 0 bridgehead atoms. The van der Waals surface area contributed by atoms with Gasteiger partial charge in [-0.05, 0) is 24.6 Å². The third-order valence-electron chi connectivity index (χ3n) is 2.39. The second-order valence-corrected chi connectivity index (χ2v) is 3.95. The highest BCUT2D eigenvalue weighted by atomic mass is 19.4. The molecule has 0 aliphatic carbocycles. The summed E-state index contributed by atoms with van der Waals surface area (Å²) in [7, 11) is 0. The summed E-state index contributed by atoms with van der Waals surface area (Å²) in [6.07, 6.45) is -4.80. The van der Waals surface area contributed by atoms with E-state index in [0.29, 0.717) is 12.1 Å². The van der Waals surface area contributed by atoms with Crippen LogP contribution in [0.15, 0.2) is 18.2 Å². The minimum atomic E-state index is -4.82. The molecule has 0 radical (unpaired) electrons. The number of halogens is 4. The van der Waals surface area contributed by atoms with Gasteiger partial charge >= 0.3 is 12.1 Å². The van der Waals surface area contributed by atoms with E-state index in [-0.39, 0.29) is 24.9 Å². The Morgan fingerprint density at radius 1 is 1.25 bits per heavy atom. The van der Waals surface area contributed by atoms with Crippen molar-refractivity contribution in [3.63, 3.8) is 0 Å². The van der Waals surface area contributed by atoms with Gasteiger partial charge in [0.25, 0.3) is 5.91 Å². The highest BCUT2D eigenvalue weighted by Crippen LogP contribution is 2.31. The van der Waals surface area contributed by atoms with Gasteiger partial charge in [0.05, 0.1) is 5.56 Å². The highest BCUT2D eigenvalue weighted by Gasteiger charge is 2.34. The number of benzene rings is 1. The van der Waals surface area contributed by atoms with Gasteiger partial charge in [-0.25, -0.2) is 4.39 Å². The monoisotopic (exact) mass is 293 g/mol. The first-order valence-electron chi connectivity index (χ1n) is 5.58. The maximum Gasteiger partial charge on any atom is 0.419 e. The lowest BCUT2D eigenvalue weighted by atomic mass is 10.1. The largest absolute Gasteiger partial charge is 0.481 e. The first-order chi connectivity index (χ1) is 9.21. The molecule has 1 amide bonds. The van der Waals surface area contributed by atoms with E-state index in [9.17, 15) is 27.2 Å². The van der Waals surface area contributed by atoms with Crippen LogP contribution < -0.4 is 5.32 Å². The molecule has 1 aromatic carbocycles. The Labute approximate surface area is 111 Å². The number of hydrogen-bond acceptors (Lipinski definition) is 2. The molecular formula is C12H11F4NO3. The molecule has 0 heterocycles. The van der Waals surface area contributed by atoms with Crippen molar-refractivity contribution >= 4 is 11.9 Å². The quantitative estimate of drug-likeness (QED) is 0.647. The van der Waals surface area contributed by atoms with Gasteiger partial charge < -0.3 is 10.4 Å². The molecular weight excluding hydrogens is 282 g/mol. The molecule has 0 spiro atoms. The molecule has 0 unspecified atom stereocenters. The number of carboxylic acid groups (broad SMARTS) is 1. The van der Waals surface area contributed by atoms with Gasteiger partial charge in [-0.2, -0.15) is 13.2 Å². The predicted octanol–water partition coefficient (Wildman–Crippen LogP) is 2.44. The van der Waals surface area contributed by atoms with Crippen molar-refractivity contribution in [2.75, 3.05) is 6.54 Å². The molecule has 110 valence electrons. The average molecular weight is 293 g/mol. The molecule has 0 aliphatic heterocycles. The zero-order valence-electron chi connectivity index (χ0n) is 10.1. The summed E-state index contributed by atoms with van der Waals surface area (Å²) in [6.45, 7) is 0.0355. The SMILES string of the molecule is O=C(O)CCCNC(=O)c1ccc(C(F)(F)F)c(F)c1. The van der Waals surface area contributed by atoms with Gasteiger partial charge in [-0.15, -0.1) is 0 Å². The number of alkyl halides is 3. The zero-order valence-corrected chi connectivity index (χ0v) is 10.1. The number of aliphatic carboxylic acids is 1. The van der Waals surface area contributed by atoms with Gasteiger partial charge in [0.2, 0.25) is 0 Å². The molecule has 0 fully saturated rings. The first kappa shape index (κ1) is 15.9. The van der Waals surface area contributed by atoms with E-state index < -0.39 is 29.4 Å². The minimum Gasteiger partial charge on any atom is -0.481 e. The van der Waals surface area contributed by atoms with E-state index >= 15 is 0 Å².